The van der Waals surface area contributed by atoms with E-state index in [0.717, 1.165) is 13.1 Å². The quantitative estimate of drug-likeness (QED) is 0.588. The molecule has 0 saturated carbocycles. The topological polar surface area (TPSA) is 20.3 Å². The second kappa shape index (κ2) is 18.3. The van der Waals surface area contributed by atoms with Crippen LogP contribution in [0.3, 0.4) is 0 Å². The number of hydrogen-bond acceptors (Lipinski definition) is 1. The molecule has 2 nitrogen and oxygen atoms in total. The van der Waals surface area contributed by atoms with Crippen molar-refractivity contribution in [1.82, 2.24) is 4.90 Å². The van der Waals surface area contributed by atoms with Crippen molar-refractivity contribution in [2.45, 2.75) is 61.3 Å². The van der Waals surface area contributed by atoms with Crippen LogP contribution in [0.2, 0.25) is 0 Å². The molecule has 14 heavy (non-hydrogen) atoms. The number of carbonyl (C=O) groups is 1. The van der Waals surface area contributed by atoms with Crippen LogP contribution in [-0.2, 0) is 4.79 Å². The Morgan fingerprint density at radius 3 is 1.29 bits per heavy atom. The lowest BCUT2D eigenvalue weighted by Gasteiger charge is -2.10. The fourth-order valence-corrected chi connectivity index (χ4v) is 1.03. The normalized spacial score (nSPS) is 12.4. The fourth-order valence-electron chi connectivity index (χ4n) is 1.03. The van der Waals surface area contributed by atoms with Gasteiger partial charge in [0, 0.05) is 20.0 Å². The summed E-state index contributed by atoms with van der Waals surface area (Å²) in [7, 11) is 0. The van der Waals surface area contributed by atoms with Crippen molar-refractivity contribution in [3.8, 4) is 0 Å². The second-order valence-electron chi connectivity index (χ2n) is 2.21. The van der Waals surface area contributed by atoms with Gasteiger partial charge >= 0.3 is 0 Å². The van der Waals surface area contributed by atoms with E-state index in [2.05, 4.69) is 0 Å². The van der Waals surface area contributed by atoms with Crippen LogP contribution in [0.4, 0.5) is 0 Å². The molecule has 0 unspecified atom stereocenters. The third-order valence-corrected chi connectivity index (χ3v) is 1.55. The molecular formula is C12H29NO. The van der Waals surface area contributed by atoms with Crippen LogP contribution in [0.25, 0.3) is 0 Å². The molecule has 0 N–H and O–H groups in total. The zero-order valence-corrected chi connectivity index (χ0v) is 11.2. The minimum atomic E-state index is 0.225. The zero-order valence-electron chi connectivity index (χ0n) is 11.2. The standard InChI is InChI=1S/C6H11NO.3C2H6/c1-6(8)7-4-2-3-5-7;3*1-2/h2-5H2,1H3;3*1-2H3. The van der Waals surface area contributed by atoms with E-state index < -0.39 is 0 Å². The van der Waals surface area contributed by atoms with Crippen molar-refractivity contribution >= 4 is 5.91 Å². The maximum atomic E-state index is 10.6. The van der Waals surface area contributed by atoms with Crippen molar-refractivity contribution in [3.05, 3.63) is 0 Å². The van der Waals surface area contributed by atoms with Gasteiger partial charge in [-0.25, -0.2) is 0 Å². The third-order valence-electron chi connectivity index (χ3n) is 1.55. The van der Waals surface area contributed by atoms with E-state index in [1.807, 2.05) is 46.4 Å². The molecular weight excluding hydrogens is 174 g/mol. The highest BCUT2D eigenvalue weighted by molar-refractivity contribution is 5.73. The minimum Gasteiger partial charge on any atom is -0.343 e. The summed E-state index contributed by atoms with van der Waals surface area (Å²) in [5, 5.41) is 0. The first-order valence-corrected chi connectivity index (χ1v) is 6.06. The van der Waals surface area contributed by atoms with Crippen molar-refractivity contribution in [3.63, 3.8) is 0 Å². The highest BCUT2D eigenvalue weighted by atomic mass is 16.2. The zero-order chi connectivity index (χ0) is 12.0. The summed E-state index contributed by atoms with van der Waals surface area (Å²) in [6, 6.07) is 0. The van der Waals surface area contributed by atoms with Gasteiger partial charge in [-0.2, -0.15) is 0 Å². The summed E-state index contributed by atoms with van der Waals surface area (Å²) in [4.78, 5) is 12.5. The van der Waals surface area contributed by atoms with E-state index in [4.69, 9.17) is 0 Å². The monoisotopic (exact) mass is 203 g/mol. The Kier molecular flexibility index (Phi) is 25.0. The molecule has 0 aliphatic carbocycles. The number of nitrogens with zero attached hydrogens (tertiary/aromatic N) is 1. The summed E-state index contributed by atoms with van der Waals surface area (Å²) in [5.41, 5.74) is 0. The Morgan fingerprint density at radius 2 is 1.14 bits per heavy atom. The molecule has 1 heterocycles. The highest BCUT2D eigenvalue weighted by Crippen LogP contribution is 2.05. The van der Waals surface area contributed by atoms with E-state index in [-0.39, 0.29) is 5.91 Å². The van der Waals surface area contributed by atoms with Gasteiger partial charge in [-0.3, -0.25) is 4.79 Å². The lowest BCUT2D eigenvalue weighted by atomic mass is 10.4. The Hall–Kier alpha value is -0.530. The van der Waals surface area contributed by atoms with Crippen molar-refractivity contribution in [1.29, 1.82) is 0 Å². The molecule has 0 spiro atoms. The average molecular weight is 203 g/mol. The van der Waals surface area contributed by atoms with Crippen LogP contribution in [0.1, 0.15) is 61.3 Å². The van der Waals surface area contributed by atoms with Crippen LogP contribution in [0.15, 0.2) is 0 Å². The third kappa shape index (κ3) is 11.5. The van der Waals surface area contributed by atoms with Crippen molar-refractivity contribution < 1.29 is 4.79 Å². The maximum Gasteiger partial charge on any atom is 0.219 e. The number of rotatable bonds is 0. The second-order valence-corrected chi connectivity index (χ2v) is 2.21. The van der Waals surface area contributed by atoms with Crippen molar-refractivity contribution in [2.75, 3.05) is 13.1 Å². The number of hydrogen-bond donors (Lipinski definition) is 0. The van der Waals surface area contributed by atoms with E-state index in [0.29, 0.717) is 0 Å². The average Bonchev–Trinajstić information content (AvgIpc) is 2.80. The molecule has 1 rings (SSSR count). The first kappa shape index (κ1) is 19.1. The van der Waals surface area contributed by atoms with Crippen LogP contribution < -0.4 is 0 Å². The van der Waals surface area contributed by atoms with Crippen molar-refractivity contribution in [2.24, 2.45) is 0 Å². The summed E-state index contributed by atoms with van der Waals surface area (Å²) in [6.45, 7) is 15.6. The summed E-state index contributed by atoms with van der Waals surface area (Å²) < 4.78 is 0. The maximum absolute atomic E-state index is 10.6. The lowest BCUT2D eigenvalue weighted by Crippen LogP contribution is -2.24. The SMILES string of the molecule is CC.CC.CC.CC(=O)N1CCCC1. The highest BCUT2D eigenvalue weighted by Gasteiger charge is 2.12. The Morgan fingerprint density at radius 1 is 0.857 bits per heavy atom. The number of amides is 1. The Labute approximate surface area is 90.7 Å². The molecule has 1 amide bonds. The fraction of sp³-hybridized carbons (Fsp3) is 0.917. The van der Waals surface area contributed by atoms with Gasteiger partial charge in [-0.05, 0) is 12.8 Å². The van der Waals surface area contributed by atoms with Gasteiger partial charge in [-0.15, -0.1) is 0 Å². The van der Waals surface area contributed by atoms with Gasteiger partial charge in [0.1, 0.15) is 0 Å². The molecule has 1 aliphatic rings. The molecule has 1 aliphatic heterocycles. The predicted molar refractivity (Wildman–Crippen MR) is 65.5 cm³/mol. The van der Waals surface area contributed by atoms with Crippen LogP contribution in [0.5, 0.6) is 0 Å². The van der Waals surface area contributed by atoms with Gasteiger partial charge < -0.3 is 4.90 Å². The Balaban J connectivity index is -0.000000174. The van der Waals surface area contributed by atoms with E-state index in [1.54, 1.807) is 6.92 Å². The molecule has 0 atom stereocenters. The number of carbonyl (C=O) groups excluding carboxylic acids is 1. The molecule has 2 heteroatoms. The van der Waals surface area contributed by atoms with E-state index >= 15 is 0 Å². The van der Waals surface area contributed by atoms with Gasteiger partial charge in [0.05, 0.1) is 0 Å². The molecule has 1 saturated heterocycles. The minimum absolute atomic E-state index is 0.225. The molecule has 0 aromatic heterocycles. The van der Waals surface area contributed by atoms with Crippen LogP contribution >= 0.6 is 0 Å². The van der Waals surface area contributed by atoms with Gasteiger partial charge in [0.25, 0.3) is 0 Å². The smallest absolute Gasteiger partial charge is 0.219 e. The van der Waals surface area contributed by atoms with Gasteiger partial charge in [0.15, 0.2) is 0 Å². The summed E-state index contributed by atoms with van der Waals surface area (Å²) in [6.07, 6.45) is 2.39. The first-order valence-electron chi connectivity index (χ1n) is 6.06. The molecule has 0 radical (unpaired) electrons. The molecule has 0 aromatic rings. The summed E-state index contributed by atoms with van der Waals surface area (Å²) in [5.74, 6) is 0.225. The molecule has 1 fully saturated rings. The van der Waals surface area contributed by atoms with E-state index in [9.17, 15) is 4.79 Å². The van der Waals surface area contributed by atoms with E-state index in [1.165, 1.54) is 12.8 Å². The van der Waals surface area contributed by atoms with Gasteiger partial charge in [-0.1, -0.05) is 41.5 Å². The predicted octanol–water partition coefficient (Wildman–Crippen LogP) is 3.71. The first-order chi connectivity index (χ1) is 6.80. The molecule has 0 aromatic carbocycles. The largest absolute Gasteiger partial charge is 0.343 e. The van der Waals surface area contributed by atoms with Gasteiger partial charge in [0.2, 0.25) is 5.91 Å². The molecule has 88 valence electrons. The van der Waals surface area contributed by atoms with Crippen LogP contribution in [-0.4, -0.2) is 23.9 Å². The Bertz CT molecular complexity index is 96.5. The summed E-state index contributed by atoms with van der Waals surface area (Å²) >= 11 is 0. The van der Waals surface area contributed by atoms with Crippen LogP contribution in [0, 0.1) is 0 Å². The lowest BCUT2D eigenvalue weighted by molar-refractivity contribution is -0.127. The number of likely N-dealkylation sites (tertiary alicyclic amines) is 1. The molecule has 0 bridgehead atoms.